The lowest BCUT2D eigenvalue weighted by atomic mass is 9.83. The Bertz CT molecular complexity index is 547. The molecular weight excluding hydrogens is 300 g/mol. The fraction of sp³-hybridized carbons (Fsp3) is 0.438. The molecular formula is C16H19BrN2. The van der Waals surface area contributed by atoms with E-state index in [4.69, 9.17) is 0 Å². The van der Waals surface area contributed by atoms with Gasteiger partial charge < -0.3 is 4.90 Å². The lowest BCUT2D eigenvalue weighted by Gasteiger charge is -2.33. The summed E-state index contributed by atoms with van der Waals surface area (Å²) in [6.07, 6.45) is 3.39. The zero-order chi connectivity index (χ0) is 14.0. The minimum absolute atomic E-state index is 0.254. The Morgan fingerprint density at radius 2 is 2.05 bits per heavy atom. The highest BCUT2D eigenvalue weighted by Gasteiger charge is 2.22. The van der Waals surface area contributed by atoms with E-state index in [1.807, 2.05) is 18.2 Å². The molecule has 0 saturated carbocycles. The minimum Gasteiger partial charge on any atom is -0.366 e. The van der Waals surface area contributed by atoms with E-state index in [2.05, 4.69) is 53.7 Å². The van der Waals surface area contributed by atoms with Gasteiger partial charge in [0.2, 0.25) is 0 Å². The van der Waals surface area contributed by atoms with Gasteiger partial charge in [-0.05, 0) is 30.0 Å². The molecule has 0 aliphatic carbocycles. The van der Waals surface area contributed by atoms with E-state index in [-0.39, 0.29) is 5.41 Å². The molecule has 0 fully saturated rings. The Balaban J connectivity index is 2.23. The number of nitriles is 1. The predicted octanol–water partition coefficient (Wildman–Crippen LogP) is 4.50. The van der Waals surface area contributed by atoms with Crippen molar-refractivity contribution in [3.8, 4) is 6.07 Å². The van der Waals surface area contributed by atoms with E-state index in [0.717, 1.165) is 35.2 Å². The smallest absolute Gasteiger partial charge is 0.101 e. The molecule has 0 aromatic heterocycles. The minimum atomic E-state index is 0.254. The summed E-state index contributed by atoms with van der Waals surface area (Å²) in [6.45, 7) is 8.65. The van der Waals surface area contributed by atoms with E-state index in [0.29, 0.717) is 0 Å². The summed E-state index contributed by atoms with van der Waals surface area (Å²) in [5.74, 6) is 0. The van der Waals surface area contributed by atoms with Gasteiger partial charge in [-0.3, -0.25) is 0 Å². The van der Waals surface area contributed by atoms with Crippen molar-refractivity contribution in [2.75, 3.05) is 18.0 Å². The number of hydrogen-bond donors (Lipinski definition) is 0. The van der Waals surface area contributed by atoms with Crippen molar-refractivity contribution in [1.82, 2.24) is 0 Å². The largest absolute Gasteiger partial charge is 0.366 e. The van der Waals surface area contributed by atoms with Crippen LogP contribution in [-0.4, -0.2) is 13.1 Å². The van der Waals surface area contributed by atoms with Crippen molar-refractivity contribution in [2.45, 2.75) is 27.2 Å². The lowest BCUT2D eigenvalue weighted by Crippen LogP contribution is -2.31. The normalized spacial score (nSPS) is 15.9. The predicted molar refractivity (Wildman–Crippen MR) is 83.2 cm³/mol. The van der Waals surface area contributed by atoms with Crippen molar-refractivity contribution < 1.29 is 0 Å². The molecule has 3 heteroatoms. The molecule has 1 heterocycles. The van der Waals surface area contributed by atoms with Gasteiger partial charge in [0.05, 0.1) is 11.3 Å². The Labute approximate surface area is 123 Å². The first-order valence-electron chi connectivity index (χ1n) is 6.56. The first kappa shape index (κ1) is 14.1. The van der Waals surface area contributed by atoms with Crippen LogP contribution in [0.2, 0.25) is 0 Å². The Hall–Kier alpha value is -1.27. The van der Waals surface area contributed by atoms with Gasteiger partial charge in [-0.25, -0.2) is 0 Å². The van der Waals surface area contributed by atoms with Crippen LogP contribution in [0.5, 0.6) is 0 Å². The average Bonchev–Trinajstić information content (AvgIpc) is 2.37. The van der Waals surface area contributed by atoms with Gasteiger partial charge in [-0.1, -0.05) is 48.4 Å². The van der Waals surface area contributed by atoms with Crippen LogP contribution in [0.15, 0.2) is 34.3 Å². The third-order valence-electron chi connectivity index (χ3n) is 3.59. The molecule has 1 aromatic rings. The molecule has 100 valence electrons. The number of hydrogen-bond acceptors (Lipinski definition) is 2. The van der Waals surface area contributed by atoms with Crippen LogP contribution in [-0.2, 0) is 0 Å². The molecule has 0 unspecified atom stereocenters. The van der Waals surface area contributed by atoms with Crippen LogP contribution < -0.4 is 4.90 Å². The molecule has 0 spiro atoms. The fourth-order valence-corrected chi connectivity index (χ4v) is 2.80. The summed E-state index contributed by atoms with van der Waals surface area (Å²) in [5, 5.41) is 9.24. The molecule has 2 nitrogen and oxygen atoms in total. The molecule has 19 heavy (non-hydrogen) atoms. The summed E-state index contributed by atoms with van der Waals surface area (Å²) < 4.78 is 0.954. The maximum atomic E-state index is 9.24. The summed E-state index contributed by atoms with van der Waals surface area (Å²) >= 11 is 3.42. The summed E-state index contributed by atoms with van der Waals surface area (Å²) in [4.78, 5) is 2.28. The molecule has 0 atom stereocenters. The van der Waals surface area contributed by atoms with Gasteiger partial charge in [0.1, 0.15) is 6.07 Å². The topological polar surface area (TPSA) is 27.0 Å². The number of halogens is 1. The molecule has 0 bridgehead atoms. The van der Waals surface area contributed by atoms with Crippen LogP contribution in [0.25, 0.3) is 0 Å². The van der Waals surface area contributed by atoms with Gasteiger partial charge in [-0.15, -0.1) is 0 Å². The average molecular weight is 319 g/mol. The first-order chi connectivity index (χ1) is 8.91. The quantitative estimate of drug-likeness (QED) is 0.713. The lowest BCUT2D eigenvalue weighted by molar-refractivity contribution is 0.472. The van der Waals surface area contributed by atoms with Crippen molar-refractivity contribution in [3.05, 3.63) is 39.9 Å². The highest BCUT2D eigenvalue weighted by Crippen LogP contribution is 2.32. The molecule has 2 rings (SSSR count). The van der Waals surface area contributed by atoms with Gasteiger partial charge in [-0.2, -0.15) is 5.26 Å². The molecule has 0 saturated heterocycles. The zero-order valence-corrected chi connectivity index (χ0v) is 13.3. The van der Waals surface area contributed by atoms with Crippen LogP contribution in [0, 0.1) is 16.7 Å². The number of nitrogens with zero attached hydrogens (tertiary/aromatic N) is 2. The summed E-state index contributed by atoms with van der Waals surface area (Å²) in [7, 11) is 0. The second-order valence-electron chi connectivity index (χ2n) is 5.95. The Morgan fingerprint density at radius 3 is 2.58 bits per heavy atom. The highest BCUT2D eigenvalue weighted by atomic mass is 79.9. The van der Waals surface area contributed by atoms with Gasteiger partial charge in [0, 0.05) is 17.6 Å². The van der Waals surface area contributed by atoms with E-state index >= 15 is 0 Å². The standard InChI is InChI=1S/C16H19BrN2/c1-16(2,3)13-6-8-19(9-7-13)15-5-4-14(17)10-12(15)11-18/h4-6,10H,7-9H2,1-3H3. The molecule has 0 N–H and O–H groups in total. The molecule has 0 amide bonds. The van der Waals surface area contributed by atoms with Crippen molar-refractivity contribution in [3.63, 3.8) is 0 Å². The van der Waals surface area contributed by atoms with Crippen LogP contribution >= 0.6 is 15.9 Å². The Morgan fingerprint density at radius 1 is 1.32 bits per heavy atom. The van der Waals surface area contributed by atoms with E-state index < -0.39 is 0 Å². The van der Waals surface area contributed by atoms with E-state index in [9.17, 15) is 5.26 Å². The first-order valence-corrected chi connectivity index (χ1v) is 7.35. The Kier molecular flexibility index (Phi) is 4.01. The van der Waals surface area contributed by atoms with E-state index in [1.54, 1.807) is 0 Å². The van der Waals surface area contributed by atoms with Crippen molar-refractivity contribution in [2.24, 2.45) is 5.41 Å². The number of anilines is 1. The van der Waals surface area contributed by atoms with Crippen LogP contribution in [0.1, 0.15) is 32.8 Å². The van der Waals surface area contributed by atoms with Crippen molar-refractivity contribution >= 4 is 21.6 Å². The van der Waals surface area contributed by atoms with Crippen LogP contribution in [0.4, 0.5) is 5.69 Å². The van der Waals surface area contributed by atoms with Gasteiger partial charge >= 0.3 is 0 Å². The van der Waals surface area contributed by atoms with E-state index in [1.165, 1.54) is 5.57 Å². The van der Waals surface area contributed by atoms with Gasteiger partial charge in [0.25, 0.3) is 0 Å². The summed E-state index contributed by atoms with van der Waals surface area (Å²) in [6, 6.07) is 8.20. The second kappa shape index (κ2) is 5.38. The number of benzene rings is 1. The maximum absolute atomic E-state index is 9.24. The molecule has 1 aliphatic heterocycles. The maximum Gasteiger partial charge on any atom is 0.101 e. The van der Waals surface area contributed by atoms with Gasteiger partial charge in [0.15, 0.2) is 0 Å². The third kappa shape index (κ3) is 3.19. The zero-order valence-electron chi connectivity index (χ0n) is 11.7. The monoisotopic (exact) mass is 318 g/mol. The highest BCUT2D eigenvalue weighted by molar-refractivity contribution is 9.10. The molecule has 1 aliphatic rings. The fourth-order valence-electron chi connectivity index (χ4n) is 2.44. The van der Waals surface area contributed by atoms with Crippen LogP contribution in [0.3, 0.4) is 0 Å². The second-order valence-corrected chi connectivity index (χ2v) is 6.86. The SMILES string of the molecule is CC(C)(C)C1=CCN(c2ccc(Br)cc2C#N)CC1. The summed E-state index contributed by atoms with van der Waals surface area (Å²) in [5.41, 5.74) is 3.54. The molecule has 1 aromatic carbocycles. The number of rotatable bonds is 1. The molecule has 0 radical (unpaired) electrons. The third-order valence-corrected chi connectivity index (χ3v) is 4.09. The van der Waals surface area contributed by atoms with Crippen molar-refractivity contribution in [1.29, 1.82) is 5.26 Å².